The topological polar surface area (TPSA) is 85.3 Å². The van der Waals surface area contributed by atoms with Crippen molar-refractivity contribution in [1.82, 2.24) is 4.90 Å². The zero-order valence-corrected chi connectivity index (χ0v) is 17.7. The molecule has 1 aromatic carbocycles. The van der Waals surface area contributed by atoms with Crippen LogP contribution in [0.2, 0.25) is 0 Å². The summed E-state index contributed by atoms with van der Waals surface area (Å²) in [6, 6.07) is 7.22. The van der Waals surface area contributed by atoms with Gasteiger partial charge in [-0.15, -0.1) is 0 Å². The number of likely N-dealkylation sites (tertiary alicyclic amines) is 1. The first kappa shape index (κ1) is 22.3. The van der Waals surface area contributed by atoms with Crippen molar-refractivity contribution in [3.05, 3.63) is 47.2 Å². The molecule has 0 radical (unpaired) electrons. The highest BCUT2D eigenvalue weighted by atomic mass is 16.7. The lowest BCUT2D eigenvalue weighted by Gasteiger charge is -2.37. The molecule has 7 nitrogen and oxygen atoms in total. The third-order valence-electron chi connectivity index (χ3n) is 5.73. The molecule has 1 amide bonds. The molecule has 2 heterocycles. The Labute approximate surface area is 177 Å². The van der Waals surface area contributed by atoms with Gasteiger partial charge in [-0.25, -0.2) is 4.79 Å². The minimum Gasteiger partial charge on any atom is -0.465 e. The average Bonchev–Trinajstić information content (AvgIpc) is 3.32. The first-order valence-corrected chi connectivity index (χ1v) is 10.7. The third kappa shape index (κ3) is 5.02. The standard InChI is InChI=1S/C23H31NO6/c1-3-29-23-18(7-6-14-25)19(16-8-10-17(11-9-16)22(27)28-2)15-20(30-23)21(26)24-12-4-5-13-24/h8-11,15,18-19,23,25H,3-7,12-14H2,1-2H3/t18-,19-,23-/m1/s1. The Kier molecular flexibility index (Phi) is 7.87. The average molecular weight is 418 g/mol. The van der Waals surface area contributed by atoms with E-state index >= 15 is 0 Å². The number of hydrogen-bond donors (Lipinski definition) is 1. The summed E-state index contributed by atoms with van der Waals surface area (Å²) in [5.41, 5.74) is 1.43. The molecule has 0 bridgehead atoms. The molecule has 0 aromatic heterocycles. The lowest BCUT2D eigenvalue weighted by Crippen LogP contribution is -2.39. The number of carbonyl (C=O) groups excluding carboxylic acids is 2. The van der Waals surface area contributed by atoms with Crippen molar-refractivity contribution in [2.24, 2.45) is 5.92 Å². The van der Waals surface area contributed by atoms with Crippen molar-refractivity contribution in [1.29, 1.82) is 0 Å². The molecular formula is C23H31NO6. The first-order chi connectivity index (χ1) is 14.6. The first-order valence-electron chi connectivity index (χ1n) is 10.7. The summed E-state index contributed by atoms with van der Waals surface area (Å²) in [5.74, 6) is -0.365. The van der Waals surface area contributed by atoms with E-state index in [-0.39, 0.29) is 24.3 Å². The second-order valence-electron chi connectivity index (χ2n) is 7.64. The highest BCUT2D eigenvalue weighted by Crippen LogP contribution is 2.40. The summed E-state index contributed by atoms with van der Waals surface area (Å²) < 4.78 is 16.7. The predicted octanol–water partition coefficient (Wildman–Crippen LogP) is 2.84. The van der Waals surface area contributed by atoms with Crippen LogP contribution < -0.4 is 0 Å². The van der Waals surface area contributed by atoms with E-state index < -0.39 is 12.3 Å². The Morgan fingerprint density at radius 2 is 1.90 bits per heavy atom. The molecule has 0 aliphatic carbocycles. The third-order valence-corrected chi connectivity index (χ3v) is 5.73. The minimum absolute atomic E-state index is 0.0591. The van der Waals surface area contributed by atoms with Crippen LogP contribution in [0.4, 0.5) is 0 Å². The molecule has 1 saturated heterocycles. The van der Waals surface area contributed by atoms with Gasteiger partial charge in [-0.2, -0.15) is 0 Å². The van der Waals surface area contributed by atoms with Crippen molar-refractivity contribution in [2.45, 2.75) is 44.8 Å². The van der Waals surface area contributed by atoms with Crippen molar-refractivity contribution < 1.29 is 28.9 Å². The van der Waals surface area contributed by atoms with Crippen LogP contribution in [0.1, 0.15) is 54.4 Å². The van der Waals surface area contributed by atoms with E-state index in [9.17, 15) is 14.7 Å². The number of rotatable bonds is 8. The van der Waals surface area contributed by atoms with Gasteiger partial charge in [0.05, 0.1) is 12.7 Å². The molecule has 3 atom stereocenters. The van der Waals surface area contributed by atoms with Gasteiger partial charge in [-0.3, -0.25) is 4.79 Å². The zero-order valence-electron chi connectivity index (χ0n) is 17.7. The second-order valence-corrected chi connectivity index (χ2v) is 7.64. The Morgan fingerprint density at radius 3 is 2.50 bits per heavy atom. The fourth-order valence-corrected chi connectivity index (χ4v) is 4.17. The van der Waals surface area contributed by atoms with E-state index in [0.29, 0.717) is 30.8 Å². The van der Waals surface area contributed by atoms with Gasteiger partial charge in [0.2, 0.25) is 6.29 Å². The van der Waals surface area contributed by atoms with Gasteiger partial charge >= 0.3 is 5.97 Å². The molecule has 0 unspecified atom stereocenters. The smallest absolute Gasteiger partial charge is 0.337 e. The number of nitrogens with zero attached hydrogens (tertiary/aromatic N) is 1. The summed E-state index contributed by atoms with van der Waals surface area (Å²) in [4.78, 5) is 26.6. The summed E-state index contributed by atoms with van der Waals surface area (Å²) in [7, 11) is 1.35. The number of aliphatic hydroxyl groups is 1. The fourth-order valence-electron chi connectivity index (χ4n) is 4.17. The summed E-state index contributed by atoms with van der Waals surface area (Å²) in [5, 5.41) is 9.37. The second kappa shape index (κ2) is 10.6. The van der Waals surface area contributed by atoms with Crippen LogP contribution in [0, 0.1) is 5.92 Å². The van der Waals surface area contributed by atoms with Crippen molar-refractivity contribution in [3.8, 4) is 0 Å². The monoisotopic (exact) mass is 417 g/mol. The molecule has 0 saturated carbocycles. The highest BCUT2D eigenvalue weighted by molar-refractivity contribution is 5.92. The van der Waals surface area contributed by atoms with Crippen LogP contribution in [-0.4, -0.2) is 61.6 Å². The fraction of sp³-hybridized carbons (Fsp3) is 0.565. The quantitative estimate of drug-likeness (QED) is 0.655. The molecule has 1 aromatic rings. The number of hydrogen-bond acceptors (Lipinski definition) is 6. The molecule has 2 aliphatic heterocycles. The van der Waals surface area contributed by atoms with Crippen molar-refractivity contribution in [3.63, 3.8) is 0 Å². The van der Waals surface area contributed by atoms with Gasteiger partial charge in [-0.05, 0) is 56.4 Å². The van der Waals surface area contributed by atoms with E-state index in [0.717, 1.165) is 31.5 Å². The maximum absolute atomic E-state index is 13.0. The molecule has 0 spiro atoms. The number of allylic oxidation sites excluding steroid dienone is 1. The minimum atomic E-state index is -0.571. The molecule has 164 valence electrons. The molecule has 30 heavy (non-hydrogen) atoms. The number of benzene rings is 1. The Hall–Kier alpha value is -2.38. The van der Waals surface area contributed by atoms with Gasteiger partial charge in [0.1, 0.15) is 0 Å². The van der Waals surface area contributed by atoms with Gasteiger partial charge in [0.25, 0.3) is 5.91 Å². The van der Waals surface area contributed by atoms with Crippen LogP contribution in [0.25, 0.3) is 0 Å². The highest BCUT2D eigenvalue weighted by Gasteiger charge is 2.39. The van der Waals surface area contributed by atoms with Crippen molar-refractivity contribution in [2.75, 3.05) is 33.4 Å². The summed E-state index contributed by atoms with van der Waals surface area (Å²) >= 11 is 0. The molecule has 1 N–H and O–H groups in total. The van der Waals surface area contributed by atoms with Gasteiger partial charge in [0, 0.05) is 38.1 Å². The van der Waals surface area contributed by atoms with E-state index in [1.54, 1.807) is 12.1 Å². The zero-order chi connectivity index (χ0) is 21.5. The number of esters is 1. The molecule has 1 fully saturated rings. The van der Waals surface area contributed by atoms with Crippen LogP contribution in [0.5, 0.6) is 0 Å². The van der Waals surface area contributed by atoms with Gasteiger partial charge in [-0.1, -0.05) is 12.1 Å². The number of amides is 1. The predicted molar refractivity (Wildman–Crippen MR) is 111 cm³/mol. The Morgan fingerprint density at radius 1 is 1.20 bits per heavy atom. The van der Waals surface area contributed by atoms with Crippen LogP contribution >= 0.6 is 0 Å². The Balaban J connectivity index is 1.94. The summed E-state index contributed by atoms with van der Waals surface area (Å²) in [6.45, 7) is 3.91. The van der Waals surface area contributed by atoms with E-state index in [1.165, 1.54) is 7.11 Å². The number of aliphatic hydroxyl groups excluding tert-OH is 1. The van der Waals surface area contributed by atoms with E-state index in [1.807, 2.05) is 30.0 Å². The maximum Gasteiger partial charge on any atom is 0.337 e. The maximum atomic E-state index is 13.0. The number of ether oxygens (including phenoxy) is 3. The number of carbonyl (C=O) groups is 2. The van der Waals surface area contributed by atoms with Gasteiger partial charge < -0.3 is 24.2 Å². The number of methoxy groups -OCH3 is 1. The van der Waals surface area contributed by atoms with Gasteiger partial charge in [0.15, 0.2) is 5.76 Å². The molecule has 3 rings (SSSR count). The van der Waals surface area contributed by atoms with E-state index in [4.69, 9.17) is 14.2 Å². The lowest BCUT2D eigenvalue weighted by atomic mass is 9.80. The van der Waals surface area contributed by atoms with Crippen molar-refractivity contribution >= 4 is 11.9 Å². The largest absolute Gasteiger partial charge is 0.465 e. The summed E-state index contributed by atoms with van der Waals surface area (Å²) in [6.07, 6.45) is 4.62. The Bertz CT molecular complexity index is 753. The SMILES string of the molecule is CCO[C@@H]1OC(C(=O)N2CCCC2)=C[C@H](c2ccc(C(=O)OC)cc2)[C@H]1CCCO. The molecular weight excluding hydrogens is 386 g/mol. The molecule has 2 aliphatic rings. The van der Waals surface area contributed by atoms with Crippen LogP contribution in [0.15, 0.2) is 36.1 Å². The van der Waals surface area contributed by atoms with Crippen LogP contribution in [0.3, 0.4) is 0 Å². The van der Waals surface area contributed by atoms with E-state index in [2.05, 4.69) is 0 Å². The van der Waals surface area contributed by atoms with Crippen LogP contribution in [-0.2, 0) is 19.0 Å². The molecule has 7 heteroatoms. The lowest BCUT2D eigenvalue weighted by molar-refractivity contribution is -0.170. The normalized spacial score (nSPS) is 23.6.